The molecule has 1 heteroatoms. The van der Waals surface area contributed by atoms with Crippen LogP contribution in [0.5, 0.6) is 0 Å². The van der Waals surface area contributed by atoms with E-state index in [9.17, 15) is 0 Å². The predicted molar refractivity (Wildman–Crippen MR) is 13.7 cm³/mol. The molecule has 0 aromatic rings. The van der Waals surface area contributed by atoms with Gasteiger partial charge < -0.3 is 0 Å². The van der Waals surface area contributed by atoms with Gasteiger partial charge in [0.1, 0.15) is 0 Å². The number of hydrogen-bond acceptors (Lipinski definition) is 0. The number of hydrogen-bond donors (Lipinski definition) is 0. The van der Waals surface area contributed by atoms with Crippen LogP contribution in [0.1, 0.15) is 0 Å². The summed E-state index contributed by atoms with van der Waals surface area (Å²) < 4.78 is 1.61. The zero-order chi connectivity index (χ0) is 3.41. The maximum atomic E-state index is 3.26. The molecule has 0 nitrogen and oxygen atoms in total. The van der Waals surface area contributed by atoms with Crippen LogP contribution in [0.15, 0.2) is 16.9 Å². The molecule has 0 aromatic carbocycles. The van der Waals surface area contributed by atoms with E-state index in [4.69, 9.17) is 0 Å². The Morgan fingerprint density at radius 3 is 2.25 bits per heavy atom. The molecule has 0 N–H and O–H groups in total. The van der Waals surface area contributed by atoms with Crippen molar-refractivity contribution in [3.63, 3.8) is 0 Å². The molecule has 0 aliphatic rings. The van der Waals surface area contributed by atoms with Crippen LogP contribution >= 0.6 is 0 Å². The molecule has 0 bridgehead atoms. The van der Waals surface area contributed by atoms with E-state index in [1.165, 1.54) is 0 Å². The summed E-state index contributed by atoms with van der Waals surface area (Å²) in [6.07, 6.45) is 0. The maximum absolute atomic E-state index is 3.26. The fourth-order valence-corrected chi connectivity index (χ4v) is 0. The molecular weight excluding hydrogens is 142 g/mol. The van der Waals surface area contributed by atoms with Crippen molar-refractivity contribution in [1.29, 1.82) is 0 Å². The first-order valence-corrected chi connectivity index (χ1v) is 1.72. The third kappa shape index (κ3) is 2.18. The van der Waals surface area contributed by atoms with Crippen molar-refractivity contribution in [2.24, 2.45) is 0 Å². The SMILES string of the molecule is C=C=[CH][Pd]. The normalized spacial score (nSPS) is 4.50. The quantitative estimate of drug-likeness (QED) is 0.350. The molecule has 0 unspecified atom stereocenters. The second-order valence-electron chi connectivity index (χ2n) is 0.295. The van der Waals surface area contributed by atoms with Crippen LogP contribution in [-0.2, 0) is 19.2 Å². The van der Waals surface area contributed by atoms with Crippen molar-refractivity contribution < 1.29 is 19.2 Å². The molecular formula is C3H3Pd. The predicted octanol–water partition coefficient (Wildman–Crippen LogP) is 0.832. The second-order valence-corrected chi connectivity index (χ2v) is 0.744. The van der Waals surface area contributed by atoms with Gasteiger partial charge in [-0.05, 0) is 0 Å². The summed E-state index contributed by atoms with van der Waals surface area (Å²) in [6, 6.07) is 0. The van der Waals surface area contributed by atoms with E-state index >= 15 is 0 Å². The average molecular weight is 145 g/mol. The molecule has 0 aromatic heterocycles. The van der Waals surface area contributed by atoms with Gasteiger partial charge in [0.15, 0.2) is 0 Å². The van der Waals surface area contributed by atoms with E-state index in [0.717, 1.165) is 0 Å². The third-order valence-electron chi connectivity index (χ3n) is 0.0645. The van der Waals surface area contributed by atoms with Crippen LogP contribution in [0.25, 0.3) is 0 Å². The minimum atomic E-state index is 1.61. The summed E-state index contributed by atoms with van der Waals surface area (Å²) in [7, 11) is 0. The molecule has 0 amide bonds. The van der Waals surface area contributed by atoms with Crippen LogP contribution in [0.4, 0.5) is 0 Å². The summed E-state index contributed by atoms with van der Waals surface area (Å²) in [5, 5.41) is 0. The molecule has 0 fully saturated rings. The molecule has 25 valence electrons. The standard InChI is InChI=1S/C3H3.Pd/c1-3-2;/h1H,2H2;. The summed E-state index contributed by atoms with van der Waals surface area (Å²) in [5.74, 6) is 0. The first kappa shape index (κ1) is 4.18. The van der Waals surface area contributed by atoms with Gasteiger partial charge in [0, 0.05) is 0 Å². The van der Waals surface area contributed by atoms with Crippen LogP contribution in [-0.4, -0.2) is 0 Å². The van der Waals surface area contributed by atoms with E-state index in [2.05, 4.69) is 31.5 Å². The molecule has 0 saturated heterocycles. The molecule has 0 rings (SSSR count). The second kappa shape index (κ2) is 3.18. The third-order valence-corrected chi connectivity index (χ3v) is 0.382. The Morgan fingerprint density at radius 2 is 2.25 bits per heavy atom. The molecule has 0 heterocycles. The Balaban J connectivity index is 3.11. The van der Waals surface area contributed by atoms with Crippen molar-refractivity contribution in [3.8, 4) is 0 Å². The van der Waals surface area contributed by atoms with Crippen molar-refractivity contribution in [1.82, 2.24) is 0 Å². The van der Waals surface area contributed by atoms with Gasteiger partial charge in [-0.15, -0.1) is 0 Å². The van der Waals surface area contributed by atoms with Crippen molar-refractivity contribution in [2.45, 2.75) is 0 Å². The molecule has 4 heavy (non-hydrogen) atoms. The summed E-state index contributed by atoms with van der Waals surface area (Å²) in [6.45, 7) is 3.26. The molecule has 0 aliphatic carbocycles. The monoisotopic (exact) mass is 145 g/mol. The van der Waals surface area contributed by atoms with Crippen molar-refractivity contribution in [2.75, 3.05) is 0 Å². The van der Waals surface area contributed by atoms with Crippen molar-refractivity contribution in [3.05, 3.63) is 16.9 Å². The molecule has 0 spiro atoms. The van der Waals surface area contributed by atoms with Crippen LogP contribution in [0, 0.1) is 0 Å². The fourth-order valence-electron chi connectivity index (χ4n) is 0. The van der Waals surface area contributed by atoms with Gasteiger partial charge in [-0.1, -0.05) is 0 Å². The first-order valence-electron chi connectivity index (χ1n) is 0.825. The van der Waals surface area contributed by atoms with E-state index < -0.39 is 0 Å². The van der Waals surface area contributed by atoms with Gasteiger partial charge in [0.05, 0.1) is 0 Å². The van der Waals surface area contributed by atoms with Crippen molar-refractivity contribution >= 4 is 0 Å². The average Bonchev–Trinajstić information content (AvgIpc) is 1.37. The Labute approximate surface area is 36.6 Å². The Bertz CT molecular complexity index is 41.2. The Hall–Kier alpha value is 0.182. The van der Waals surface area contributed by atoms with E-state index in [1.807, 2.05) is 0 Å². The zero-order valence-electron chi connectivity index (χ0n) is 2.10. The van der Waals surface area contributed by atoms with E-state index in [1.54, 1.807) is 4.55 Å². The topological polar surface area (TPSA) is 0 Å². The first-order chi connectivity index (χ1) is 1.91. The van der Waals surface area contributed by atoms with Gasteiger partial charge in [0.25, 0.3) is 0 Å². The summed E-state index contributed by atoms with van der Waals surface area (Å²) >= 11 is 2.74. The summed E-state index contributed by atoms with van der Waals surface area (Å²) in [5.41, 5.74) is 2.49. The van der Waals surface area contributed by atoms with Gasteiger partial charge in [0.2, 0.25) is 0 Å². The minimum absolute atomic E-state index is 1.61. The van der Waals surface area contributed by atoms with Crippen LogP contribution < -0.4 is 0 Å². The van der Waals surface area contributed by atoms with E-state index in [0.29, 0.717) is 0 Å². The van der Waals surface area contributed by atoms with Gasteiger partial charge in [-0.3, -0.25) is 0 Å². The Morgan fingerprint density at radius 1 is 2.00 bits per heavy atom. The molecule has 0 radical (unpaired) electrons. The molecule has 0 saturated carbocycles. The zero-order valence-corrected chi connectivity index (χ0v) is 3.66. The van der Waals surface area contributed by atoms with E-state index in [-0.39, 0.29) is 0 Å². The Kier molecular flexibility index (Phi) is 3.33. The van der Waals surface area contributed by atoms with Crippen LogP contribution in [0.2, 0.25) is 0 Å². The van der Waals surface area contributed by atoms with Crippen LogP contribution in [0.3, 0.4) is 0 Å². The van der Waals surface area contributed by atoms with Gasteiger partial charge >= 0.3 is 36.1 Å². The molecule has 0 aliphatic heterocycles. The summed E-state index contributed by atoms with van der Waals surface area (Å²) in [4.78, 5) is 0. The van der Waals surface area contributed by atoms with Gasteiger partial charge in [-0.25, -0.2) is 0 Å². The fraction of sp³-hybridized carbons (Fsp3) is 0. The molecule has 0 atom stereocenters. The van der Waals surface area contributed by atoms with Gasteiger partial charge in [-0.2, -0.15) is 0 Å². The number of rotatable bonds is 0.